The van der Waals surface area contributed by atoms with Crippen molar-refractivity contribution in [1.82, 2.24) is 9.38 Å². The number of aromatic nitrogens is 2. The van der Waals surface area contributed by atoms with Crippen LogP contribution in [0.15, 0.2) is 48.7 Å². The van der Waals surface area contributed by atoms with Gasteiger partial charge < -0.3 is 14.2 Å². The molecule has 118 valence electrons. The van der Waals surface area contributed by atoms with Crippen LogP contribution in [0.4, 0.5) is 0 Å². The molecule has 0 saturated heterocycles. The Morgan fingerprint density at radius 1 is 1.09 bits per heavy atom. The number of para-hydroxylation sites is 2. The summed E-state index contributed by atoms with van der Waals surface area (Å²) < 4.78 is 17.6. The van der Waals surface area contributed by atoms with Crippen LogP contribution in [-0.2, 0) is 11.3 Å². The topological polar surface area (TPSA) is 62.1 Å². The Labute approximate surface area is 133 Å². The van der Waals surface area contributed by atoms with Gasteiger partial charge in [0.05, 0.1) is 26.1 Å². The summed E-state index contributed by atoms with van der Waals surface area (Å²) in [5.74, 6) is 0.849. The van der Waals surface area contributed by atoms with Crippen LogP contribution >= 0.6 is 0 Å². The van der Waals surface area contributed by atoms with Crippen molar-refractivity contribution in [1.29, 1.82) is 0 Å². The molecule has 0 bridgehead atoms. The molecule has 0 aliphatic rings. The van der Waals surface area contributed by atoms with Gasteiger partial charge in [-0.2, -0.15) is 0 Å². The summed E-state index contributed by atoms with van der Waals surface area (Å²) in [5.41, 5.74) is 1.81. The molecule has 0 aliphatic carbocycles. The van der Waals surface area contributed by atoms with Crippen molar-refractivity contribution in [2.75, 3.05) is 14.2 Å². The molecule has 0 unspecified atom stereocenters. The molecule has 0 radical (unpaired) electrons. The van der Waals surface area contributed by atoms with Crippen molar-refractivity contribution in [3.63, 3.8) is 0 Å². The maximum Gasteiger partial charge on any atom is 0.355 e. The van der Waals surface area contributed by atoms with Gasteiger partial charge in [-0.1, -0.05) is 18.2 Å². The molecule has 0 aliphatic heterocycles. The summed E-state index contributed by atoms with van der Waals surface area (Å²) in [6.07, 6.45) is 1.68. The number of ether oxygens (including phenoxy) is 3. The Kier molecular flexibility index (Phi) is 4.14. The number of esters is 1. The van der Waals surface area contributed by atoms with Crippen LogP contribution in [0.25, 0.3) is 5.65 Å². The Balaban J connectivity index is 1.93. The van der Waals surface area contributed by atoms with E-state index in [1.807, 2.05) is 30.3 Å². The Morgan fingerprint density at radius 2 is 1.87 bits per heavy atom. The fourth-order valence-electron chi connectivity index (χ4n) is 2.35. The number of rotatable bonds is 5. The standard InChI is InChI=1S/C17H16N2O4/c1-21-14-7-3-4-8-15(14)23-11-12-10-18-16-9-5-6-13(19(12)16)17(20)22-2/h3-10H,11H2,1-2H3. The summed E-state index contributed by atoms with van der Waals surface area (Å²) in [7, 11) is 2.94. The van der Waals surface area contributed by atoms with Gasteiger partial charge in [-0.25, -0.2) is 9.78 Å². The SMILES string of the molecule is COC(=O)c1cccc2ncc(COc3ccccc3OC)n12. The van der Waals surface area contributed by atoms with E-state index in [2.05, 4.69) is 4.98 Å². The van der Waals surface area contributed by atoms with E-state index >= 15 is 0 Å². The molecule has 0 atom stereocenters. The van der Waals surface area contributed by atoms with Gasteiger partial charge >= 0.3 is 5.97 Å². The predicted octanol–water partition coefficient (Wildman–Crippen LogP) is 2.71. The first-order chi connectivity index (χ1) is 11.2. The van der Waals surface area contributed by atoms with Crippen LogP contribution in [0.3, 0.4) is 0 Å². The number of carbonyl (C=O) groups is 1. The van der Waals surface area contributed by atoms with Crippen LogP contribution < -0.4 is 9.47 Å². The first kappa shape index (κ1) is 14.9. The molecule has 0 spiro atoms. The summed E-state index contributed by atoms with van der Waals surface area (Å²) in [6.45, 7) is 0.246. The third kappa shape index (κ3) is 2.83. The summed E-state index contributed by atoms with van der Waals surface area (Å²) >= 11 is 0. The highest BCUT2D eigenvalue weighted by Crippen LogP contribution is 2.26. The number of benzene rings is 1. The molecule has 2 heterocycles. The zero-order chi connectivity index (χ0) is 16.2. The van der Waals surface area contributed by atoms with Gasteiger partial charge in [0.2, 0.25) is 0 Å². The number of hydrogen-bond acceptors (Lipinski definition) is 5. The van der Waals surface area contributed by atoms with Gasteiger partial charge in [-0.05, 0) is 24.3 Å². The minimum absolute atomic E-state index is 0.246. The summed E-state index contributed by atoms with van der Waals surface area (Å²) in [5, 5.41) is 0. The maximum atomic E-state index is 11.9. The molecular formula is C17H16N2O4. The van der Waals surface area contributed by atoms with Gasteiger partial charge in [0.25, 0.3) is 0 Å². The minimum Gasteiger partial charge on any atom is -0.493 e. The molecule has 0 amide bonds. The molecule has 23 heavy (non-hydrogen) atoms. The lowest BCUT2D eigenvalue weighted by Crippen LogP contribution is -2.11. The average Bonchev–Trinajstić information content (AvgIpc) is 3.02. The number of nitrogens with zero attached hydrogens (tertiary/aromatic N) is 2. The molecule has 6 nitrogen and oxygen atoms in total. The van der Waals surface area contributed by atoms with E-state index < -0.39 is 5.97 Å². The van der Waals surface area contributed by atoms with Gasteiger partial charge in [-0.15, -0.1) is 0 Å². The van der Waals surface area contributed by atoms with Crippen molar-refractivity contribution in [2.24, 2.45) is 0 Å². The van der Waals surface area contributed by atoms with Gasteiger partial charge in [0, 0.05) is 0 Å². The highest BCUT2D eigenvalue weighted by atomic mass is 16.5. The monoisotopic (exact) mass is 312 g/mol. The highest BCUT2D eigenvalue weighted by molar-refractivity contribution is 5.88. The first-order valence-corrected chi connectivity index (χ1v) is 7.04. The Morgan fingerprint density at radius 3 is 2.61 bits per heavy atom. The number of pyridine rings is 1. The quantitative estimate of drug-likeness (QED) is 0.678. The fourth-order valence-corrected chi connectivity index (χ4v) is 2.35. The number of carbonyl (C=O) groups excluding carboxylic acids is 1. The fraction of sp³-hybridized carbons (Fsp3) is 0.176. The molecular weight excluding hydrogens is 296 g/mol. The van der Waals surface area contributed by atoms with Crippen LogP contribution in [0.2, 0.25) is 0 Å². The summed E-state index contributed by atoms with van der Waals surface area (Å²) in [4.78, 5) is 16.2. The van der Waals surface area contributed by atoms with Crippen LogP contribution in [0.1, 0.15) is 16.2 Å². The van der Waals surface area contributed by atoms with Crippen molar-refractivity contribution < 1.29 is 19.0 Å². The van der Waals surface area contributed by atoms with Crippen LogP contribution in [-0.4, -0.2) is 29.6 Å². The zero-order valence-corrected chi connectivity index (χ0v) is 12.9. The normalized spacial score (nSPS) is 10.5. The lowest BCUT2D eigenvalue weighted by molar-refractivity contribution is 0.0591. The zero-order valence-electron chi connectivity index (χ0n) is 12.9. The Bertz CT molecular complexity index is 841. The van der Waals surface area contributed by atoms with Crippen LogP contribution in [0, 0.1) is 0 Å². The number of fused-ring (bicyclic) bond motifs is 1. The maximum absolute atomic E-state index is 11.9. The van der Waals surface area contributed by atoms with E-state index in [1.54, 1.807) is 29.8 Å². The van der Waals surface area contributed by atoms with Crippen LogP contribution in [0.5, 0.6) is 11.5 Å². The highest BCUT2D eigenvalue weighted by Gasteiger charge is 2.14. The lowest BCUT2D eigenvalue weighted by atomic mass is 10.3. The molecule has 3 rings (SSSR count). The van der Waals surface area contributed by atoms with E-state index in [0.717, 1.165) is 5.69 Å². The third-order valence-corrected chi connectivity index (χ3v) is 3.44. The number of hydrogen-bond donors (Lipinski definition) is 0. The molecule has 2 aromatic heterocycles. The number of methoxy groups -OCH3 is 2. The molecule has 0 fully saturated rings. The van der Waals surface area contributed by atoms with Gasteiger partial charge in [0.1, 0.15) is 17.9 Å². The Hall–Kier alpha value is -3.02. The van der Waals surface area contributed by atoms with Crippen molar-refractivity contribution >= 4 is 11.6 Å². The smallest absolute Gasteiger partial charge is 0.355 e. The van der Waals surface area contributed by atoms with E-state index in [9.17, 15) is 4.79 Å². The van der Waals surface area contributed by atoms with Gasteiger partial charge in [0.15, 0.2) is 11.5 Å². The molecule has 1 aromatic carbocycles. The third-order valence-electron chi connectivity index (χ3n) is 3.44. The average molecular weight is 312 g/mol. The van der Waals surface area contributed by atoms with Crippen molar-refractivity contribution in [3.8, 4) is 11.5 Å². The first-order valence-electron chi connectivity index (χ1n) is 7.04. The largest absolute Gasteiger partial charge is 0.493 e. The van der Waals surface area contributed by atoms with E-state index in [4.69, 9.17) is 14.2 Å². The van der Waals surface area contributed by atoms with Crippen molar-refractivity contribution in [3.05, 3.63) is 60.0 Å². The minimum atomic E-state index is -0.424. The molecule has 6 heteroatoms. The molecule has 3 aromatic rings. The van der Waals surface area contributed by atoms with Gasteiger partial charge in [-0.3, -0.25) is 4.40 Å². The second-order valence-electron chi connectivity index (χ2n) is 4.79. The number of imidazole rings is 1. The predicted molar refractivity (Wildman–Crippen MR) is 83.9 cm³/mol. The van der Waals surface area contributed by atoms with E-state index in [1.165, 1.54) is 7.11 Å². The van der Waals surface area contributed by atoms with E-state index in [0.29, 0.717) is 22.8 Å². The molecule has 0 saturated carbocycles. The molecule has 0 N–H and O–H groups in total. The van der Waals surface area contributed by atoms with Crippen molar-refractivity contribution in [2.45, 2.75) is 6.61 Å². The van der Waals surface area contributed by atoms with E-state index in [-0.39, 0.29) is 6.61 Å². The second-order valence-corrected chi connectivity index (χ2v) is 4.79. The second kappa shape index (κ2) is 6.39. The lowest BCUT2D eigenvalue weighted by Gasteiger charge is -2.11. The summed E-state index contributed by atoms with van der Waals surface area (Å²) in [6, 6.07) is 12.7.